The average molecular weight is 381 g/mol. The van der Waals surface area contributed by atoms with E-state index in [1.54, 1.807) is 29.2 Å². The molecule has 0 radical (unpaired) electrons. The Kier molecular flexibility index (Phi) is 4.51. The number of hydrogen-bond donors (Lipinski definition) is 1. The van der Waals surface area contributed by atoms with Gasteiger partial charge in [-0.2, -0.15) is 0 Å². The van der Waals surface area contributed by atoms with E-state index in [4.69, 9.17) is 16.8 Å². The quantitative estimate of drug-likeness (QED) is 0.307. The summed E-state index contributed by atoms with van der Waals surface area (Å²) in [5, 5.41) is 23.6. The minimum absolute atomic E-state index is 0.0535. The molecule has 0 fully saturated rings. The summed E-state index contributed by atoms with van der Waals surface area (Å²) in [6.45, 7) is 1.85. The van der Waals surface area contributed by atoms with Crippen molar-refractivity contribution in [2.75, 3.05) is 4.55 Å². The standard InChI is InChI=1S/C10H10ClIN4O2/c1-7-9(12-6-16(17)18)5-8(11)10(14-7)15-4-2-3-13-15/h2-5,17H,6H2,1H3/q-2. The maximum atomic E-state index is 10.5. The van der Waals surface area contributed by atoms with E-state index in [0.717, 1.165) is 9.26 Å². The Morgan fingerprint density at radius 2 is 2.39 bits per heavy atom. The van der Waals surface area contributed by atoms with Crippen LogP contribution >= 0.6 is 11.6 Å². The predicted molar refractivity (Wildman–Crippen MR) is 61.7 cm³/mol. The van der Waals surface area contributed by atoms with E-state index < -0.39 is 21.2 Å². The molecule has 0 amide bonds. The van der Waals surface area contributed by atoms with Gasteiger partial charge >= 0.3 is 119 Å². The van der Waals surface area contributed by atoms with Crippen LogP contribution in [0.2, 0.25) is 5.02 Å². The number of alkyl halides is 1. The molecule has 1 N–H and O–H groups in total. The predicted octanol–water partition coefficient (Wildman–Crippen LogP) is -1.37. The summed E-state index contributed by atoms with van der Waals surface area (Å²) in [7, 11) is 0. The number of rotatable bonds is 4. The Balaban J connectivity index is 2.29. The average Bonchev–Trinajstić information content (AvgIpc) is 2.83. The van der Waals surface area contributed by atoms with Crippen LogP contribution in [-0.4, -0.2) is 29.7 Å². The van der Waals surface area contributed by atoms with Gasteiger partial charge in [0.2, 0.25) is 0 Å². The number of hydrogen-bond acceptors (Lipinski definition) is 5. The van der Waals surface area contributed by atoms with E-state index in [9.17, 15) is 5.21 Å². The van der Waals surface area contributed by atoms with E-state index in [0.29, 0.717) is 10.8 Å². The number of aromatic nitrogens is 3. The second-order valence-electron chi connectivity index (χ2n) is 3.42. The van der Waals surface area contributed by atoms with Crippen LogP contribution in [0, 0.1) is 15.7 Å². The topological polar surface area (TPSA) is 77.2 Å². The van der Waals surface area contributed by atoms with E-state index in [1.165, 1.54) is 0 Å². The zero-order valence-corrected chi connectivity index (χ0v) is 12.3. The van der Waals surface area contributed by atoms with E-state index in [-0.39, 0.29) is 9.78 Å². The van der Waals surface area contributed by atoms with Crippen molar-refractivity contribution >= 4 is 11.6 Å². The summed E-state index contributed by atoms with van der Waals surface area (Å²) in [6.07, 6.45) is 3.41. The van der Waals surface area contributed by atoms with Crippen molar-refractivity contribution in [2.45, 2.75) is 6.92 Å². The molecule has 0 saturated carbocycles. The summed E-state index contributed by atoms with van der Waals surface area (Å²) in [5.74, 6) is 0.565. The SMILES string of the molecule is Cc1nc(-n2cccn2)c(Cl)cc1[I-]CN([O-])O. The fraction of sp³-hybridized carbons (Fsp3) is 0.200. The molecule has 0 atom stereocenters. The van der Waals surface area contributed by atoms with Crippen LogP contribution < -0.4 is 21.2 Å². The molecule has 0 aliphatic heterocycles. The molecule has 2 heterocycles. The third-order valence-corrected chi connectivity index (χ3v) is 5.23. The molecule has 0 aliphatic carbocycles. The van der Waals surface area contributed by atoms with Gasteiger partial charge in [-0.05, 0) is 0 Å². The van der Waals surface area contributed by atoms with Crippen LogP contribution in [0.25, 0.3) is 5.82 Å². The van der Waals surface area contributed by atoms with Crippen molar-refractivity contribution in [3.8, 4) is 5.82 Å². The molecule has 0 saturated heterocycles. The fourth-order valence-corrected chi connectivity index (χ4v) is 3.64. The maximum absolute atomic E-state index is 10.5. The van der Waals surface area contributed by atoms with Crippen molar-refractivity contribution in [1.82, 2.24) is 20.0 Å². The van der Waals surface area contributed by atoms with Gasteiger partial charge in [-0.25, -0.2) is 0 Å². The van der Waals surface area contributed by atoms with Crippen LogP contribution in [0.4, 0.5) is 0 Å². The van der Waals surface area contributed by atoms with Crippen LogP contribution in [0.3, 0.4) is 0 Å². The van der Waals surface area contributed by atoms with Gasteiger partial charge in [0.1, 0.15) is 0 Å². The van der Waals surface area contributed by atoms with E-state index >= 15 is 0 Å². The normalized spacial score (nSPS) is 11.4. The molecule has 0 aromatic carbocycles. The van der Waals surface area contributed by atoms with Gasteiger partial charge in [-0.1, -0.05) is 0 Å². The third-order valence-electron chi connectivity index (χ3n) is 2.11. The molecular formula is C10H10ClIN4O2-2. The van der Waals surface area contributed by atoms with Crippen LogP contribution in [0.1, 0.15) is 5.69 Å². The van der Waals surface area contributed by atoms with Crippen molar-refractivity contribution < 1.29 is 26.4 Å². The Labute approximate surface area is 119 Å². The van der Waals surface area contributed by atoms with Crippen molar-refractivity contribution in [2.24, 2.45) is 0 Å². The number of nitrogens with zero attached hydrogens (tertiary/aromatic N) is 4. The number of pyridine rings is 1. The number of hydroxylamine groups is 2. The molecule has 0 unspecified atom stereocenters. The third kappa shape index (κ3) is 3.18. The molecule has 0 aliphatic rings. The molecule has 2 aromatic rings. The molecule has 2 aromatic heterocycles. The molecule has 6 nitrogen and oxygen atoms in total. The zero-order chi connectivity index (χ0) is 13.1. The first-order valence-electron chi connectivity index (χ1n) is 4.98. The minimum atomic E-state index is -0.636. The van der Waals surface area contributed by atoms with Crippen LogP contribution in [0.15, 0.2) is 24.5 Å². The molecule has 98 valence electrons. The summed E-state index contributed by atoms with van der Waals surface area (Å²) < 4.78 is 2.62. The van der Waals surface area contributed by atoms with E-state index in [1.807, 2.05) is 6.92 Å². The first-order chi connectivity index (χ1) is 8.58. The Morgan fingerprint density at radius 3 is 3.00 bits per heavy atom. The number of aryl methyl sites for hydroxylation is 1. The van der Waals surface area contributed by atoms with Crippen LogP contribution in [-0.2, 0) is 0 Å². The van der Waals surface area contributed by atoms with Crippen molar-refractivity contribution in [1.29, 1.82) is 0 Å². The second-order valence-corrected chi connectivity index (χ2v) is 6.43. The van der Waals surface area contributed by atoms with Gasteiger partial charge < -0.3 is 0 Å². The molecule has 0 bridgehead atoms. The summed E-state index contributed by atoms with van der Waals surface area (Å²) in [5.41, 5.74) is 0.805. The fourth-order valence-electron chi connectivity index (χ4n) is 1.35. The summed E-state index contributed by atoms with van der Waals surface area (Å²) in [4.78, 5) is 4.39. The molecular weight excluding hydrogens is 370 g/mol. The molecule has 2 rings (SSSR count). The molecule has 0 spiro atoms. The van der Waals surface area contributed by atoms with Gasteiger partial charge in [0.05, 0.1) is 0 Å². The van der Waals surface area contributed by atoms with Gasteiger partial charge in [0.25, 0.3) is 0 Å². The second kappa shape index (κ2) is 5.93. The Hall–Kier alpha value is -0.740. The van der Waals surface area contributed by atoms with Crippen molar-refractivity contribution in [3.63, 3.8) is 0 Å². The van der Waals surface area contributed by atoms with E-state index in [2.05, 4.69) is 10.1 Å². The zero-order valence-electron chi connectivity index (χ0n) is 9.42. The van der Waals surface area contributed by atoms with Crippen molar-refractivity contribution in [3.05, 3.63) is 44.0 Å². The summed E-state index contributed by atoms with van der Waals surface area (Å²) >= 11 is 5.51. The number of halogens is 2. The first-order valence-corrected chi connectivity index (χ1v) is 7.96. The Bertz CT molecular complexity index is 533. The monoisotopic (exact) mass is 380 g/mol. The van der Waals surface area contributed by atoms with Gasteiger partial charge in [0.15, 0.2) is 0 Å². The van der Waals surface area contributed by atoms with Crippen LogP contribution in [0.5, 0.6) is 0 Å². The van der Waals surface area contributed by atoms with Gasteiger partial charge in [-0.15, -0.1) is 0 Å². The van der Waals surface area contributed by atoms with Gasteiger partial charge in [-0.3, -0.25) is 0 Å². The molecule has 18 heavy (non-hydrogen) atoms. The molecule has 8 heteroatoms. The Morgan fingerprint density at radius 1 is 1.61 bits per heavy atom. The summed E-state index contributed by atoms with van der Waals surface area (Å²) in [6, 6.07) is 3.58. The first kappa shape index (κ1) is 13.7. The van der Waals surface area contributed by atoms with Gasteiger partial charge in [0, 0.05) is 0 Å².